The van der Waals surface area contributed by atoms with Gasteiger partial charge in [0, 0.05) is 0 Å². The van der Waals surface area contributed by atoms with E-state index in [0.29, 0.717) is 0 Å². The summed E-state index contributed by atoms with van der Waals surface area (Å²) >= 11 is 0. The molecule has 0 bridgehead atoms. The van der Waals surface area contributed by atoms with Crippen molar-refractivity contribution in [2.24, 2.45) is 0 Å². The summed E-state index contributed by atoms with van der Waals surface area (Å²) in [7, 11) is 0. The van der Waals surface area contributed by atoms with Crippen molar-refractivity contribution in [1.29, 1.82) is 0 Å². The van der Waals surface area contributed by atoms with Crippen molar-refractivity contribution in [2.75, 3.05) is 0 Å². The second kappa shape index (κ2) is 2.36. The van der Waals surface area contributed by atoms with E-state index in [-0.39, 0.29) is 5.69 Å². The molecule has 2 nitrogen and oxygen atoms in total. The van der Waals surface area contributed by atoms with Crippen LogP contribution in [0.5, 0.6) is 5.75 Å². The normalized spacial score (nSPS) is 8.80. The summed E-state index contributed by atoms with van der Waals surface area (Å²) in [5.41, 5.74) is 0.235. The minimum absolute atomic E-state index is 0.235. The topological polar surface area (TPSA) is 24.6 Å². The number of phenolic OH excluding ortho intramolecular Hbond substituents is 1. The lowest BCUT2D eigenvalue weighted by atomic mass is 10.3. The molecule has 1 aromatic rings. The molecule has 1 aromatic carbocycles. The Morgan fingerprint density at radius 3 is 2.70 bits per heavy atom. The molecule has 0 atom stereocenters. The second-order valence-corrected chi connectivity index (χ2v) is 1.75. The van der Waals surface area contributed by atoms with Gasteiger partial charge in [-0.15, -0.1) is 0 Å². The molecule has 10 heavy (non-hydrogen) atoms. The molecule has 0 amide bonds. The molecule has 0 aromatic heterocycles. The summed E-state index contributed by atoms with van der Waals surface area (Å²) in [6, 6.07) is 3.45. The number of nitrogens with zero attached hydrogens (tertiary/aromatic N) is 1. The molecular formula is C7H4FNO. The fourth-order valence-electron chi connectivity index (χ4n) is 0.571. The third-order valence-corrected chi connectivity index (χ3v) is 1.06. The zero-order valence-electron chi connectivity index (χ0n) is 5.00. The molecule has 0 saturated heterocycles. The van der Waals surface area contributed by atoms with E-state index in [9.17, 15) is 4.39 Å². The number of hydrogen-bond donors (Lipinski definition) is 1. The Kier molecular flexibility index (Phi) is 1.55. The monoisotopic (exact) mass is 137 g/mol. The molecule has 0 heterocycles. The van der Waals surface area contributed by atoms with Gasteiger partial charge in [-0.1, -0.05) is 6.07 Å². The largest absolute Gasteiger partial charge is 0.506 e. The molecule has 0 aliphatic heterocycles. The van der Waals surface area contributed by atoms with Crippen LogP contribution >= 0.6 is 0 Å². The number of benzene rings is 1. The molecule has 0 unspecified atom stereocenters. The highest BCUT2D eigenvalue weighted by Gasteiger charge is 1.98. The first-order chi connectivity index (χ1) is 4.74. The van der Waals surface area contributed by atoms with Crippen LogP contribution in [0.2, 0.25) is 0 Å². The molecule has 0 fully saturated rings. The van der Waals surface area contributed by atoms with Crippen LogP contribution in [0.1, 0.15) is 0 Å². The Morgan fingerprint density at radius 1 is 1.50 bits per heavy atom. The first-order valence-corrected chi connectivity index (χ1v) is 2.60. The van der Waals surface area contributed by atoms with Gasteiger partial charge in [0.2, 0.25) is 0 Å². The predicted octanol–water partition coefficient (Wildman–Crippen LogP) is 2.08. The number of hydrogen-bond acceptors (Lipinski definition) is 1. The maximum atomic E-state index is 12.3. The highest BCUT2D eigenvalue weighted by Crippen LogP contribution is 2.21. The number of aromatic hydroxyl groups is 1. The lowest BCUT2D eigenvalue weighted by Gasteiger charge is -1.92. The van der Waals surface area contributed by atoms with Crippen LogP contribution in [0, 0.1) is 12.4 Å². The van der Waals surface area contributed by atoms with E-state index < -0.39 is 11.6 Å². The lowest BCUT2D eigenvalue weighted by Crippen LogP contribution is -1.72. The Bertz CT molecular complexity index is 290. The zero-order valence-corrected chi connectivity index (χ0v) is 5.00. The smallest absolute Gasteiger partial charge is 0.191 e. The van der Waals surface area contributed by atoms with Gasteiger partial charge in [0.25, 0.3) is 0 Å². The summed E-state index contributed by atoms with van der Waals surface area (Å²) in [5, 5.41) is 8.71. The van der Waals surface area contributed by atoms with Gasteiger partial charge in [0.05, 0.1) is 6.57 Å². The van der Waals surface area contributed by atoms with E-state index in [1.54, 1.807) is 0 Å². The SMILES string of the molecule is [C-]#[N+]c1ccc(F)c(O)c1. The average Bonchev–Trinajstić information content (AvgIpc) is 1.95. The van der Waals surface area contributed by atoms with Crippen LogP contribution in [0.4, 0.5) is 10.1 Å². The van der Waals surface area contributed by atoms with Crippen LogP contribution in [0.3, 0.4) is 0 Å². The Morgan fingerprint density at radius 2 is 2.20 bits per heavy atom. The molecule has 0 aliphatic carbocycles. The molecule has 50 valence electrons. The number of phenols is 1. The molecule has 0 radical (unpaired) electrons. The van der Waals surface area contributed by atoms with E-state index in [0.717, 1.165) is 12.1 Å². The number of halogens is 1. The highest BCUT2D eigenvalue weighted by molar-refractivity contribution is 5.48. The lowest BCUT2D eigenvalue weighted by molar-refractivity contribution is 0.433. The summed E-state index contributed by atoms with van der Waals surface area (Å²) in [6.45, 7) is 6.50. The van der Waals surface area contributed by atoms with Crippen LogP contribution in [-0.4, -0.2) is 5.11 Å². The second-order valence-electron chi connectivity index (χ2n) is 1.75. The molecule has 0 aliphatic rings. The first-order valence-electron chi connectivity index (χ1n) is 2.60. The average molecular weight is 137 g/mol. The first kappa shape index (κ1) is 6.56. The van der Waals surface area contributed by atoms with E-state index >= 15 is 0 Å². The molecule has 0 saturated carbocycles. The van der Waals surface area contributed by atoms with E-state index in [1.165, 1.54) is 6.07 Å². The van der Waals surface area contributed by atoms with Crippen molar-refractivity contribution in [3.8, 4) is 5.75 Å². The maximum Gasteiger partial charge on any atom is 0.191 e. The van der Waals surface area contributed by atoms with E-state index in [4.69, 9.17) is 11.7 Å². The summed E-state index contributed by atoms with van der Waals surface area (Å²) < 4.78 is 12.3. The van der Waals surface area contributed by atoms with Crippen molar-refractivity contribution < 1.29 is 9.50 Å². The van der Waals surface area contributed by atoms with Crippen LogP contribution in [0.15, 0.2) is 18.2 Å². The van der Waals surface area contributed by atoms with Crippen LogP contribution < -0.4 is 0 Å². The zero-order chi connectivity index (χ0) is 7.56. The summed E-state index contributed by atoms with van der Waals surface area (Å²) in [6.07, 6.45) is 0. The van der Waals surface area contributed by atoms with Gasteiger partial charge in [-0.2, -0.15) is 0 Å². The minimum Gasteiger partial charge on any atom is -0.506 e. The predicted molar refractivity (Wildman–Crippen MR) is 34.3 cm³/mol. The van der Waals surface area contributed by atoms with Crippen molar-refractivity contribution in [2.45, 2.75) is 0 Å². The fraction of sp³-hybridized carbons (Fsp3) is 0. The Hall–Kier alpha value is -1.56. The standard InChI is InChI=1S/C7H4FNO/c1-9-5-2-3-6(8)7(10)4-5/h2-4,10H. The summed E-state index contributed by atoms with van der Waals surface area (Å²) in [5.74, 6) is -1.18. The molecule has 1 N–H and O–H groups in total. The van der Waals surface area contributed by atoms with Crippen molar-refractivity contribution in [1.82, 2.24) is 0 Å². The quantitative estimate of drug-likeness (QED) is 0.544. The maximum absolute atomic E-state index is 12.3. The number of rotatable bonds is 0. The Labute approximate surface area is 57.4 Å². The molecule has 1 rings (SSSR count). The molecule has 3 heteroatoms. The third kappa shape index (κ3) is 1.06. The van der Waals surface area contributed by atoms with E-state index in [2.05, 4.69) is 4.85 Å². The van der Waals surface area contributed by atoms with Gasteiger partial charge in [0.1, 0.15) is 5.75 Å². The minimum atomic E-state index is -0.701. The van der Waals surface area contributed by atoms with E-state index in [1.807, 2.05) is 0 Å². The van der Waals surface area contributed by atoms with Gasteiger partial charge in [-0.3, -0.25) is 0 Å². The van der Waals surface area contributed by atoms with Crippen LogP contribution in [0.25, 0.3) is 4.85 Å². The van der Waals surface area contributed by atoms with Gasteiger partial charge in [-0.05, 0) is 12.1 Å². The van der Waals surface area contributed by atoms with Gasteiger partial charge >= 0.3 is 0 Å². The van der Waals surface area contributed by atoms with Crippen molar-refractivity contribution in [3.05, 3.63) is 35.4 Å². The van der Waals surface area contributed by atoms with Gasteiger partial charge < -0.3 is 5.11 Å². The fourth-order valence-corrected chi connectivity index (χ4v) is 0.571. The Balaban J connectivity index is 3.20. The van der Waals surface area contributed by atoms with Crippen LogP contribution in [-0.2, 0) is 0 Å². The molecule has 0 spiro atoms. The van der Waals surface area contributed by atoms with Gasteiger partial charge in [-0.25, -0.2) is 9.24 Å². The summed E-state index contributed by atoms with van der Waals surface area (Å²) in [4.78, 5) is 3.00. The molecular weight excluding hydrogens is 133 g/mol. The van der Waals surface area contributed by atoms with Crippen molar-refractivity contribution >= 4 is 5.69 Å². The van der Waals surface area contributed by atoms with Crippen molar-refractivity contribution in [3.63, 3.8) is 0 Å². The van der Waals surface area contributed by atoms with Gasteiger partial charge in [0.15, 0.2) is 11.5 Å². The highest BCUT2D eigenvalue weighted by atomic mass is 19.1. The third-order valence-electron chi connectivity index (χ3n) is 1.06.